The van der Waals surface area contributed by atoms with Gasteiger partial charge in [0.05, 0.1) is 6.10 Å². The minimum atomic E-state index is 0.233. The Balaban J connectivity index is 1.94. The average molecular weight is 228 g/mol. The van der Waals surface area contributed by atoms with Gasteiger partial charge in [-0.15, -0.1) is 0 Å². The topological polar surface area (TPSA) is 31.4 Å². The van der Waals surface area contributed by atoms with Crippen LogP contribution in [0.4, 0.5) is 0 Å². The van der Waals surface area contributed by atoms with Gasteiger partial charge in [-0.25, -0.2) is 4.98 Å². The van der Waals surface area contributed by atoms with Crippen molar-refractivity contribution in [2.45, 2.75) is 25.9 Å². The molecule has 1 atom stereocenters. The number of aryl methyl sites for hydroxylation is 1. The molecule has 0 aromatic carbocycles. The van der Waals surface area contributed by atoms with Crippen molar-refractivity contribution in [1.29, 1.82) is 0 Å². The van der Waals surface area contributed by atoms with Crippen LogP contribution in [-0.2, 0) is 4.74 Å². The molecule has 0 aliphatic carbocycles. The lowest BCUT2D eigenvalue weighted by atomic mass is 10.2. The first-order valence-electron chi connectivity index (χ1n) is 5.12. The summed E-state index contributed by atoms with van der Waals surface area (Å²) in [5.41, 5.74) is 0.998. The van der Waals surface area contributed by atoms with Crippen LogP contribution in [0.5, 0.6) is 5.75 Å². The van der Waals surface area contributed by atoms with E-state index < -0.39 is 0 Å². The fourth-order valence-corrected chi connectivity index (χ4v) is 1.74. The SMILES string of the molecule is Cc1cnc(Cl)cc1OCC1CCCO1. The number of nitrogens with zero attached hydrogens (tertiary/aromatic N) is 1. The van der Waals surface area contributed by atoms with E-state index in [2.05, 4.69) is 4.98 Å². The van der Waals surface area contributed by atoms with E-state index in [9.17, 15) is 0 Å². The van der Waals surface area contributed by atoms with Crippen molar-refractivity contribution in [2.75, 3.05) is 13.2 Å². The minimum Gasteiger partial charge on any atom is -0.490 e. The zero-order chi connectivity index (χ0) is 10.7. The van der Waals surface area contributed by atoms with E-state index in [1.54, 1.807) is 12.3 Å². The summed E-state index contributed by atoms with van der Waals surface area (Å²) < 4.78 is 11.1. The minimum absolute atomic E-state index is 0.233. The molecule has 1 unspecified atom stereocenters. The van der Waals surface area contributed by atoms with Crippen molar-refractivity contribution in [3.8, 4) is 5.75 Å². The molecule has 2 rings (SSSR count). The van der Waals surface area contributed by atoms with Crippen molar-refractivity contribution in [1.82, 2.24) is 4.98 Å². The fraction of sp³-hybridized carbons (Fsp3) is 0.545. The third-order valence-corrected chi connectivity index (χ3v) is 2.68. The van der Waals surface area contributed by atoms with Crippen LogP contribution in [0.15, 0.2) is 12.3 Å². The van der Waals surface area contributed by atoms with Gasteiger partial charge in [0.15, 0.2) is 0 Å². The molecule has 3 nitrogen and oxygen atoms in total. The summed E-state index contributed by atoms with van der Waals surface area (Å²) >= 11 is 5.79. The summed E-state index contributed by atoms with van der Waals surface area (Å²) in [7, 11) is 0. The molecule has 0 radical (unpaired) electrons. The van der Waals surface area contributed by atoms with E-state index in [4.69, 9.17) is 21.1 Å². The van der Waals surface area contributed by atoms with Gasteiger partial charge < -0.3 is 9.47 Å². The number of hydrogen-bond donors (Lipinski definition) is 0. The molecule has 0 saturated carbocycles. The lowest BCUT2D eigenvalue weighted by Crippen LogP contribution is -2.16. The Morgan fingerprint density at radius 1 is 1.67 bits per heavy atom. The summed E-state index contributed by atoms with van der Waals surface area (Å²) in [6, 6.07) is 1.74. The van der Waals surface area contributed by atoms with Gasteiger partial charge in [0.25, 0.3) is 0 Å². The maximum atomic E-state index is 5.79. The van der Waals surface area contributed by atoms with E-state index >= 15 is 0 Å². The molecule has 0 amide bonds. The Kier molecular flexibility index (Phi) is 3.44. The van der Waals surface area contributed by atoms with E-state index in [-0.39, 0.29) is 6.10 Å². The molecule has 1 fully saturated rings. The smallest absolute Gasteiger partial charge is 0.132 e. The van der Waals surface area contributed by atoms with Gasteiger partial charge in [-0.3, -0.25) is 0 Å². The highest BCUT2D eigenvalue weighted by atomic mass is 35.5. The molecule has 1 aliphatic rings. The number of hydrogen-bond acceptors (Lipinski definition) is 3. The summed E-state index contributed by atoms with van der Waals surface area (Å²) in [6.45, 7) is 3.40. The highest BCUT2D eigenvalue weighted by molar-refractivity contribution is 6.29. The monoisotopic (exact) mass is 227 g/mol. The van der Waals surface area contributed by atoms with Crippen LogP contribution < -0.4 is 4.74 Å². The first kappa shape index (κ1) is 10.7. The lowest BCUT2D eigenvalue weighted by molar-refractivity contribution is 0.0677. The van der Waals surface area contributed by atoms with Gasteiger partial charge in [-0.05, 0) is 19.8 Å². The normalized spacial score (nSPS) is 20.5. The Morgan fingerprint density at radius 2 is 2.53 bits per heavy atom. The Hall–Kier alpha value is -0.800. The van der Waals surface area contributed by atoms with E-state index in [0.717, 1.165) is 30.8 Å². The second-order valence-electron chi connectivity index (χ2n) is 3.72. The highest BCUT2D eigenvalue weighted by Gasteiger charge is 2.16. The van der Waals surface area contributed by atoms with Crippen LogP contribution in [0.2, 0.25) is 5.15 Å². The van der Waals surface area contributed by atoms with Crippen LogP contribution in [0.1, 0.15) is 18.4 Å². The van der Waals surface area contributed by atoms with Crippen molar-refractivity contribution in [3.05, 3.63) is 23.0 Å². The molecule has 1 aromatic rings. The maximum absolute atomic E-state index is 5.79. The standard InChI is InChI=1S/C11H14ClNO2/c1-8-6-13-11(12)5-10(8)15-7-9-3-2-4-14-9/h5-6,9H,2-4,7H2,1H3. The number of halogens is 1. The Bertz CT molecular complexity index is 337. The van der Waals surface area contributed by atoms with Crippen molar-refractivity contribution in [2.24, 2.45) is 0 Å². The molecular weight excluding hydrogens is 214 g/mol. The molecule has 0 bridgehead atoms. The quantitative estimate of drug-likeness (QED) is 0.744. The van der Waals surface area contributed by atoms with Gasteiger partial charge in [-0.1, -0.05) is 11.6 Å². The van der Waals surface area contributed by atoms with Gasteiger partial charge in [-0.2, -0.15) is 0 Å². The second-order valence-corrected chi connectivity index (χ2v) is 4.11. The van der Waals surface area contributed by atoms with Crippen LogP contribution in [0, 0.1) is 6.92 Å². The zero-order valence-electron chi connectivity index (χ0n) is 8.70. The summed E-state index contributed by atoms with van der Waals surface area (Å²) in [4.78, 5) is 3.97. The van der Waals surface area contributed by atoms with Gasteiger partial charge in [0, 0.05) is 24.4 Å². The molecule has 82 valence electrons. The maximum Gasteiger partial charge on any atom is 0.132 e. The van der Waals surface area contributed by atoms with Crippen LogP contribution in [0.25, 0.3) is 0 Å². The zero-order valence-corrected chi connectivity index (χ0v) is 9.46. The van der Waals surface area contributed by atoms with Crippen molar-refractivity contribution >= 4 is 11.6 Å². The second kappa shape index (κ2) is 4.81. The third kappa shape index (κ3) is 2.83. The predicted octanol–water partition coefficient (Wildman–Crippen LogP) is 2.60. The largest absolute Gasteiger partial charge is 0.490 e. The molecule has 1 saturated heterocycles. The summed E-state index contributed by atoms with van der Waals surface area (Å²) in [6.07, 6.45) is 4.16. The Labute approximate surface area is 94.4 Å². The first-order valence-corrected chi connectivity index (χ1v) is 5.50. The van der Waals surface area contributed by atoms with Crippen LogP contribution >= 0.6 is 11.6 Å². The first-order chi connectivity index (χ1) is 7.25. The fourth-order valence-electron chi connectivity index (χ4n) is 1.60. The van der Waals surface area contributed by atoms with Crippen molar-refractivity contribution in [3.63, 3.8) is 0 Å². The molecule has 0 N–H and O–H groups in total. The molecule has 0 spiro atoms. The number of pyridine rings is 1. The number of rotatable bonds is 3. The van der Waals surface area contributed by atoms with Gasteiger partial charge in [0.2, 0.25) is 0 Å². The third-order valence-electron chi connectivity index (χ3n) is 2.47. The number of aromatic nitrogens is 1. The molecular formula is C11H14ClNO2. The van der Waals surface area contributed by atoms with E-state index in [1.165, 1.54) is 0 Å². The van der Waals surface area contributed by atoms with Crippen LogP contribution in [-0.4, -0.2) is 24.3 Å². The van der Waals surface area contributed by atoms with Gasteiger partial charge >= 0.3 is 0 Å². The van der Waals surface area contributed by atoms with E-state index in [1.807, 2.05) is 6.92 Å². The summed E-state index contributed by atoms with van der Waals surface area (Å²) in [5.74, 6) is 0.797. The Morgan fingerprint density at radius 3 is 3.27 bits per heavy atom. The summed E-state index contributed by atoms with van der Waals surface area (Å²) in [5, 5.41) is 0.461. The van der Waals surface area contributed by atoms with E-state index in [0.29, 0.717) is 11.8 Å². The van der Waals surface area contributed by atoms with Crippen molar-refractivity contribution < 1.29 is 9.47 Å². The molecule has 1 aromatic heterocycles. The molecule has 2 heterocycles. The number of ether oxygens (including phenoxy) is 2. The lowest BCUT2D eigenvalue weighted by Gasteiger charge is -2.12. The molecule has 15 heavy (non-hydrogen) atoms. The molecule has 1 aliphatic heterocycles. The predicted molar refractivity (Wildman–Crippen MR) is 58.5 cm³/mol. The van der Waals surface area contributed by atoms with Crippen LogP contribution in [0.3, 0.4) is 0 Å². The highest BCUT2D eigenvalue weighted by Crippen LogP contribution is 2.21. The molecule has 4 heteroatoms. The van der Waals surface area contributed by atoms with Gasteiger partial charge in [0.1, 0.15) is 17.5 Å². The average Bonchev–Trinajstić information content (AvgIpc) is 2.72.